The third-order valence-corrected chi connectivity index (χ3v) is 3.76. The average Bonchev–Trinajstić information content (AvgIpc) is 3.00. The molecule has 1 aliphatic rings. The highest BCUT2D eigenvalue weighted by Crippen LogP contribution is 2.23. The lowest BCUT2D eigenvalue weighted by molar-refractivity contribution is -0.380. The van der Waals surface area contributed by atoms with Crippen LogP contribution in [0.1, 0.15) is 24.6 Å². The van der Waals surface area contributed by atoms with E-state index in [1.54, 1.807) is 13.0 Å². The van der Waals surface area contributed by atoms with Gasteiger partial charge in [0.1, 0.15) is 0 Å². The van der Waals surface area contributed by atoms with Crippen molar-refractivity contribution in [3.63, 3.8) is 0 Å². The molecular weight excluding hydrogens is 254 g/mol. The maximum Gasteiger partial charge on any atom is 0.324 e. The maximum atomic E-state index is 11.6. The Morgan fingerprint density at radius 1 is 1.61 bits per heavy atom. The largest absolute Gasteiger partial charge is 0.352 e. The van der Waals surface area contributed by atoms with Crippen molar-refractivity contribution in [2.24, 2.45) is 0 Å². The number of nitrogens with one attached hydrogen (secondary N) is 2. The molecule has 2 N–H and O–H groups in total. The third-order valence-electron chi connectivity index (χ3n) is 2.73. The zero-order chi connectivity index (χ0) is 13.1. The smallest absolute Gasteiger partial charge is 0.324 e. The normalized spacial score (nSPS) is 16.3. The second-order valence-electron chi connectivity index (χ2n) is 4.38. The average molecular weight is 269 g/mol. The van der Waals surface area contributed by atoms with Crippen molar-refractivity contribution in [3.05, 3.63) is 27.1 Å². The highest BCUT2D eigenvalue weighted by atomic mass is 32.1. The number of carbonyl (C=O) groups is 1. The molecule has 0 aromatic carbocycles. The Morgan fingerprint density at radius 2 is 2.33 bits per heavy atom. The standard InChI is InChI=1S/C11H15N3O3S/c1-7(11(15)13-8-2-3-8)12-6-9-4-5-10(18-9)14(16)17/h4-5,7-8,12H,2-3,6H2,1H3,(H,13,15). The topological polar surface area (TPSA) is 84.3 Å². The van der Waals surface area contributed by atoms with Gasteiger partial charge in [0.15, 0.2) is 0 Å². The monoisotopic (exact) mass is 269 g/mol. The summed E-state index contributed by atoms with van der Waals surface area (Å²) >= 11 is 1.13. The number of nitro groups is 1. The minimum Gasteiger partial charge on any atom is -0.352 e. The Labute approximate surface area is 109 Å². The zero-order valence-electron chi connectivity index (χ0n) is 10.0. The Hall–Kier alpha value is -1.47. The minimum atomic E-state index is -0.405. The van der Waals surface area contributed by atoms with Crippen molar-refractivity contribution >= 4 is 22.2 Å². The van der Waals surface area contributed by atoms with Gasteiger partial charge in [0.2, 0.25) is 5.91 Å². The first-order chi connectivity index (χ1) is 8.56. The third kappa shape index (κ3) is 3.51. The lowest BCUT2D eigenvalue weighted by atomic mass is 10.3. The molecule has 2 rings (SSSR count). The van der Waals surface area contributed by atoms with Gasteiger partial charge in [-0.3, -0.25) is 14.9 Å². The van der Waals surface area contributed by atoms with E-state index in [4.69, 9.17) is 0 Å². The molecule has 98 valence electrons. The van der Waals surface area contributed by atoms with Crippen LogP contribution in [0.15, 0.2) is 12.1 Å². The summed E-state index contributed by atoms with van der Waals surface area (Å²) in [5.74, 6) is -0.0106. The van der Waals surface area contributed by atoms with Crippen LogP contribution < -0.4 is 10.6 Å². The number of hydrogen-bond donors (Lipinski definition) is 2. The van der Waals surface area contributed by atoms with Crippen molar-refractivity contribution < 1.29 is 9.72 Å². The molecule has 0 aliphatic heterocycles. The summed E-state index contributed by atoms with van der Waals surface area (Å²) in [4.78, 5) is 22.6. The summed E-state index contributed by atoms with van der Waals surface area (Å²) in [7, 11) is 0. The SMILES string of the molecule is CC(NCc1ccc([N+](=O)[O-])s1)C(=O)NC1CC1. The Balaban J connectivity index is 1.78. The summed E-state index contributed by atoms with van der Waals surface area (Å²) in [6.45, 7) is 2.26. The van der Waals surface area contributed by atoms with E-state index >= 15 is 0 Å². The van der Waals surface area contributed by atoms with Gasteiger partial charge in [-0.25, -0.2) is 0 Å². The molecule has 1 fully saturated rings. The predicted octanol–water partition coefficient (Wildman–Crippen LogP) is 1.41. The van der Waals surface area contributed by atoms with Gasteiger partial charge in [-0.2, -0.15) is 0 Å². The molecule has 6 nitrogen and oxygen atoms in total. The molecule has 0 saturated heterocycles. The maximum absolute atomic E-state index is 11.6. The van der Waals surface area contributed by atoms with Crippen LogP contribution in [0.4, 0.5) is 5.00 Å². The van der Waals surface area contributed by atoms with Gasteiger partial charge in [-0.1, -0.05) is 11.3 Å². The highest BCUT2D eigenvalue weighted by Gasteiger charge is 2.25. The van der Waals surface area contributed by atoms with Gasteiger partial charge in [0, 0.05) is 23.5 Å². The number of thiophene rings is 1. The first-order valence-electron chi connectivity index (χ1n) is 5.83. The van der Waals surface area contributed by atoms with Crippen LogP contribution >= 0.6 is 11.3 Å². The molecule has 0 radical (unpaired) electrons. The Kier molecular flexibility index (Phi) is 3.93. The molecule has 1 unspecified atom stereocenters. The van der Waals surface area contributed by atoms with Gasteiger partial charge in [-0.15, -0.1) is 0 Å². The molecule has 1 aromatic rings. The molecule has 1 heterocycles. The number of rotatable bonds is 6. The first-order valence-corrected chi connectivity index (χ1v) is 6.65. The summed E-state index contributed by atoms with van der Waals surface area (Å²) < 4.78 is 0. The molecule has 1 aliphatic carbocycles. The Morgan fingerprint density at radius 3 is 2.89 bits per heavy atom. The fraction of sp³-hybridized carbons (Fsp3) is 0.545. The van der Waals surface area contributed by atoms with Crippen molar-refractivity contribution in [1.29, 1.82) is 0 Å². The number of carbonyl (C=O) groups excluding carboxylic acids is 1. The molecule has 18 heavy (non-hydrogen) atoms. The second-order valence-corrected chi connectivity index (χ2v) is 5.53. The number of hydrogen-bond acceptors (Lipinski definition) is 5. The summed E-state index contributed by atoms with van der Waals surface area (Å²) in [5.41, 5.74) is 0. The molecule has 1 amide bonds. The fourth-order valence-electron chi connectivity index (χ4n) is 1.46. The van der Waals surface area contributed by atoms with E-state index in [-0.39, 0.29) is 17.0 Å². The summed E-state index contributed by atoms with van der Waals surface area (Å²) in [6.07, 6.45) is 2.13. The van der Waals surface area contributed by atoms with E-state index in [2.05, 4.69) is 10.6 Å². The molecular formula is C11H15N3O3S. The number of amides is 1. The molecule has 1 aromatic heterocycles. The molecule has 1 atom stereocenters. The van der Waals surface area contributed by atoms with Crippen molar-refractivity contribution in [2.75, 3.05) is 0 Å². The van der Waals surface area contributed by atoms with Crippen molar-refractivity contribution in [2.45, 2.75) is 38.4 Å². The van der Waals surface area contributed by atoms with E-state index in [1.165, 1.54) is 6.07 Å². The fourth-order valence-corrected chi connectivity index (χ4v) is 2.23. The highest BCUT2D eigenvalue weighted by molar-refractivity contribution is 7.15. The first kappa shape index (κ1) is 13.0. The van der Waals surface area contributed by atoms with Crippen LogP contribution in [0.2, 0.25) is 0 Å². The van der Waals surface area contributed by atoms with Crippen LogP contribution in [0.5, 0.6) is 0 Å². The van der Waals surface area contributed by atoms with Crippen LogP contribution in [-0.4, -0.2) is 22.9 Å². The second kappa shape index (κ2) is 5.45. The summed E-state index contributed by atoms with van der Waals surface area (Å²) in [5, 5.41) is 16.6. The van der Waals surface area contributed by atoms with Gasteiger partial charge >= 0.3 is 5.00 Å². The van der Waals surface area contributed by atoms with E-state index in [0.717, 1.165) is 29.1 Å². The molecule has 0 spiro atoms. The molecule has 7 heteroatoms. The van der Waals surface area contributed by atoms with Gasteiger partial charge in [0.25, 0.3) is 0 Å². The van der Waals surface area contributed by atoms with E-state index in [1.807, 2.05) is 0 Å². The van der Waals surface area contributed by atoms with E-state index < -0.39 is 4.92 Å². The van der Waals surface area contributed by atoms with Crippen molar-refractivity contribution in [3.8, 4) is 0 Å². The lowest BCUT2D eigenvalue weighted by Gasteiger charge is -2.12. The predicted molar refractivity (Wildman–Crippen MR) is 68.4 cm³/mol. The lowest BCUT2D eigenvalue weighted by Crippen LogP contribution is -2.42. The van der Waals surface area contributed by atoms with Crippen LogP contribution in [0, 0.1) is 10.1 Å². The van der Waals surface area contributed by atoms with E-state index in [0.29, 0.717) is 12.6 Å². The molecule has 0 bridgehead atoms. The Bertz CT molecular complexity index is 456. The van der Waals surface area contributed by atoms with Crippen molar-refractivity contribution in [1.82, 2.24) is 10.6 Å². The molecule has 1 saturated carbocycles. The van der Waals surface area contributed by atoms with Gasteiger partial charge in [0.05, 0.1) is 11.0 Å². The van der Waals surface area contributed by atoms with Gasteiger partial charge in [-0.05, 0) is 25.8 Å². The zero-order valence-corrected chi connectivity index (χ0v) is 10.8. The number of nitrogens with zero attached hydrogens (tertiary/aromatic N) is 1. The quantitative estimate of drug-likeness (QED) is 0.604. The summed E-state index contributed by atoms with van der Waals surface area (Å²) in [6, 6.07) is 3.26. The van der Waals surface area contributed by atoms with Crippen LogP contribution in [-0.2, 0) is 11.3 Å². The van der Waals surface area contributed by atoms with Gasteiger partial charge < -0.3 is 10.6 Å². The minimum absolute atomic E-state index is 0.0106. The van der Waals surface area contributed by atoms with E-state index in [9.17, 15) is 14.9 Å². The van der Waals surface area contributed by atoms with Crippen LogP contribution in [0.3, 0.4) is 0 Å². The van der Waals surface area contributed by atoms with Crippen LogP contribution in [0.25, 0.3) is 0 Å².